The molecular formula is C20H22N4OS. The number of rotatable bonds is 5. The van der Waals surface area contributed by atoms with Crippen molar-refractivity contribution in [1.29, 1.82) is 0 Å². The topological polar surface area (TPSA) is 43.2 Å². The van der Waals surface area contributed by atoms with Gasteiger partial charge in [-0.3, -0.25) is 9.47 Å². The summed E-state index contributed by atoms with van der Waals surface area (Å²) in [6.07, 6.45) is 0. The summed E-state index contributed by atoms with van der Waals surface area (Å²) in [5, 5.41) is 9.64. The summed E-state index contributed by atoms with van der Waals surface area (Å²) in [6.45, 7) is 5.49. The lowest BCUT2D eigenvalue weighted by Crippen LogP contribution is -2.33. The zero-order valence-electron chi connectivity index (χ0n) is 15.0. The number of hydrogen-bond acceptors (Lipinski definition) is 5. The smallest absolute Gasteiger partial charge is 0.193 e. The number of aromatic nitrogens is 3. The van der Waals surface area contributed by atoms with E-state index < -0.39 is 0 Å². The molecule has 0 spiro atoms. The fraction of sp³-hybridized carbons (Fsp3) is 0.300. The van der Waals surface area contributed by atoms with Crippen LogP contribution in [0.25, 0.3) is 0 Å². The van der Waals surface area contributed by atoms with Crippen molar-refractivity contribution in [2.75, 3.05) is 5.88 Å². The quantitative estimate of drug-likeness (QED) is 0.675. The Hall–Kier alpha value is -2.31. The van der Waals surface area contributed by atoms with E-state index in [1.54, 1.807) is 11.8 Å². The molecule has 2 aromatic carbocycles. The van der Waals surface area contributed by atoms with Gasteiger partial charge in [0.15, 0.2) is 11.0 Å². The Labute approximate surface area is 158 Å². The summed E-state index contributed by atoms with van der Waals surface area (Å²) in [4.78, 5) is 2.42. The van der Waals surface area contributed by atoms with Gasteiger partial charge >= 0.3 is 0 Å². The van der Waals surface area contributed by atoms with Gasteiger partial charge in [-0.25, -0.2) is 0 Å². The fourth-order valence-electron chi connectivity index (χ4n) is 3.07. The normalized spacial score (nSPS) is 15.5. The average Bonchev–Trinajstić information content (AvgIpc) is 3.10. The Morgan fingerprint density at radius 1 is 1.08 bits per heavy atom. The Morgan fingerprint density at radius 2 is 1.85 bits per heavy atom. The number of para-hydroxylation sites is 1. The van der Waals surface area contributed by atoms with Crippen LogP contribution in [0.15, 0.2) is 59.8 Å². The molecule has 26 heavy (non-hydrogen) atoms. The Bertz CT molecular complexity index is 881. The number of ether oxygens (including phenoxy) is 1. The number of aryl methyl sites for hydroxylation is 1. The maximum Gasteiger partial charge on any atom is 0.193 e. The van der Waals surface area contributed by atoms with Gasteiger partial charge in [-0.05, 0) is 31.0 Å². The van der Waals surface area contributed by atoms with Gasteiger partial charge in [0.05, 0.1) is 12.5 Å². The van der Waals surface area contributed by atoms with Crippen LogP contribution in [0.4, 0.5) is 0 Å². The molecule has 0 fully saturated rings. The first-order valence-electron chi connectivity index (χ1n) is 8.74. The van der Waals surface area contributed by atoms with Crippen molar-refractivity contribution in [2.24, 2.45) is 0 Å². The number of benzene rings is 2. The van der Waals surface area contributed by atoms with E-state index in [4.69, 9.17) is 4.74 Å². The van der Waals surface area contributed by atoms with Gasteiger partial charge in [-0.15, -0.1) is 10.2 Å². The molecule has 1 unspecified atom stereocenters. The molecule has 0 radical (unpaired) electrons. The molecule has 1 aliphatic rings. The second-order valence-electron chi connectivity index (χ2n) is 6.47. The molecule has 6 heteroatoms. The third kappa shape index (κ3) is 3.48. The highest BCUT2D eigenvalue weighted by molar-refractivity contribution is 7.99. The summed E-state index contributed by atoms with van der Waals surface area (Å²) in [7, 11) is 0. The lowest BCUT2D eigenvalue weighted by molar-refractivity contribution is 0.172. The minimum Gasteiger partial charge on any atom is -0.485 e. The summed E-state index contributed by atoms with van der Waals surface area (Å²) in [6, 6.07) is 19.0. The lowest BCUT2D eigenvalue weighted by Gasteiger charge is -2.33. The van der Waals surface area contributed by atoms with Gasteiger partial charge in [0.25, 0.3) is 0 Å². The summed E-state index contributed by atoms with van der Waals surface area (Å²) < 4.78 is 8.14. The Kier molecular flexibility index (Phi) is 4.95. The van der Waals surface area contributed by atoms with Crippen molar-refractivity contribution in [3.05, 3.63) is 71.5 Å². The molecule has 0 amide bonds. The third-order valence-corrected chi connectivity index (χ3v) is 5.78. The monoisotopic (exact) mass is 366 g/mol. The van der Waals surface area contributed by atoms with Crippen molar-refractivity contribution in [1.82, 2.24) is 19.7 Å². The summed E-state index contributed by atoms with van der Waals surface area (Å²) in [5.74, 6) is 2.66. The highest BCUT2D eigenvalue weighted by Crippen LogP contribution is 2.31. The Balaban J connectivity index is 1.48. The van der Waals surface area contributed by atoms with Gasteiger partial charge in [0, 0.05) is 6.04 Å². The third-order valence-electron chi connectivity index (χ3n) is 4.76. The largest absolute Gasteiger partial charge is 0.485 e. The molecule has 0 aliphatic carbocycles. The van der Waals surface area contributed by atoms with Crippen LogP contribution in [-0.2, 0) is 13.3 Å². The van der Waals surface area contributed by atoms with Gasteiger partial charge in [0.2, 0.25) is 0 Å². The van der Waals surface area contributed by atoms with Crippen molar-refractivity contribution in [2.45, 2.75) is 38.3 Å². The van der Waals surface area contributed by atoms with Crippen LogP contribution >= 0.6 is 11.8 Å². The van der Waals surface area contributed by atoms with Gasteiger partial charge in [0.1, 0.15) is 12.4 Å². The van der Waals surface area contributed by atoms with Crippen LogP contribution in [0.3, 0.4) is 0 Å². The highest BCUT2D eigenvalue weighted by Gasteiger charge is 2.25. The molecule has 0 N–H and O–H groups in total. The number of thioether (sulfide) groups is 1. The molecule has 1 atom stereocenters. The van der Waals surface area contributed by atoms with Crippen LogP contribution in [0, 0.1) is 6.92 Å². The maximum atomic E-state index is 5.98. The number of fused-ring (bicyclic) bond motifs is 1. The van der Waals surface area contributed by atoms with E-state index in [9.17, 15) is 0 Å². The van der Waals surface area contributed by atoms with Crippen LogP contribution in [-0.4, -0.2) is 25.5 Å². The molecule has 3 aromatic rings. The fourth-order valence-corrected chi connectivity index (χ4v) is 4.08. The Morgan fingerprint density at radius 3 is 2.65 bits per heavy atom. The molecule has 5 nitrogen and oxygen atoms in total. The first-order valence-corrected chi connectivity index (χ1v) is 9.73. The highest BCUT2D eigenvalue weighted by atomic mass is 32.2. The molecule has 1 aromatic heterocycles. The van der Waals surface area contributed by atoms with Gasteiger partial charge in [-0.1, -0.05) is 60.3 Å². The second kappa shape index (κ2) is 7.51. The summed E-state index contributed by atoms with van der Waals surface area (Å²) in [5.41, 5.74) is 2.45. The second-order valence-corrected chi connectivity index (χ2v) is 7.38. The van der Waals surface area contributed by atoms with Crippen LogP contribution in [0.5, 0.6) is 5.75 Å². The molecule has 0 bridgehead atoms. The SMILES string of the molecule is Cc1ccccc1OCc1nnc2n1CN(C(C)c1ccccc1)CS2. The van der Waals surface area contributed by atoms with E-state index in [1.807, 2.05) is 31.2 Å². The predicted octanol–water partition coefficient (Wildman–Crippen LogP) is 4.25. The van der Waals surface area contributed by atoms with Crippen LogP contribution in [0.2, 0.25) is 0 Å². The lowest BCUT2D eigenvalue weighted by atomic mass is 10.1. The minimum absolute atomic E-state index is 0.337. The first kappa shape index (κ1) is 17.1. The molecule has 1 aliphatic heterocycles. The standard InChI is InChI=1S/C20H22N4OS/c1-15-8-6-7-11-18(15)25-12-19-21-22-20-24(19)13-23(14-26-20)16(2)17-9-4-3-5-10-17/h3-11,16H,12-14H2,1-2H3. The zero-order chi connectivity index (χ0) is 17.9. The predicted molar refractivity (Wildman–Crippen MR) is 103 cm³/mol. The van der Waals surface area contributed by atoms with Crippen molar-refractivity contribution in [3.8, 4) is 5.75 Å². The van der Waals surface area contributed by atoms with Crippen molar-refractivity contribution < 1.29 is 4.74 Å². The van der Waals surface area contributed by atoms with E-state index in [0.717, 1.165) is 34.8 Å². The van der Waals surface area contributed by atoms with E-state index in [2.05, 4.69) is 56.9 Å². The maximum absolute atomic E-state index is 5.98. The van der Waals surface area contributed by atoms with Crippen LogP contribution in [0.1, 0.15) is 29.9 Å². The van der Waals surface area contributed by atoms with E-state index in [1.165, 1.54) is 5.56 Å². The summed E-state index contributed by atoms with van der Waals surface area (Å²) >= 11 is 1.73. The van der Waals surface area contributed by atoms with Gasteiger partial charge < -0.3 is 4.74 Å². The average molecular weight is 366 g/mol. The minimum atomic E-state index is 0.337. The van der Waals surface area contributed by atoms with E-state index in [0.29, 0.717) is 12.6 Å². The van der Waals surface area contributed by atoms with E-state index >= 15 is 0 Å². The molecule has 0 saturated heterocycles. The molecule has 134 valence electrons. The first-order chi connectivity index (χ1) is 12.7. The van der Waals surface area contributed by atoms with Crippen molar-refractivity contribution >= 4 is 11.8 Å². The van der Waals surface area contributed by atoms with Crippen molar-refractivity contribution in [3.63, 3.8) is 0 Å². The zero-order valence-corrected chi connectivity index (χ0v) is 15.8. The molecular weight excluding hydrogens is 344 g/mol. The van der Waals surface area contributed by atoms with Crippen LogP contribution < -0.4 is 4.74 Å². The number of hydrogen-bond donors (Lipinski definition) is 0. The van der Waals surface area contributed by atoms with Gasteiger partial charge in [-0.2, -0.15) is 0 Å². The molecule has 4 rings (SSSR count). The number of nitrogens with zero attached hydrogens (tertiary/aromatic N) is 4. The molecule has 2 heterocycles. The van der Waals surface area contributed by atoms with E-state index in [-0.39, 0.29) is 0 Å². The molecule has 0 saturated carbocycles.